The highest BCUT2D eigenvalue weighted by Gasteiger charge is 2.33. The fraction of sp³-hybridized carbons (Fsp3) is 1.00. The minimum Gasteiger partial charge on any atom is -0.389 e. The molecule has 8 heteroatoms. The summed E-state index contributed by atoms with van der Waals surface area (Å²) >= 11 is 0. The van der Waals surface area contributed by atoms with Gasteiger partial charge in [-0.25, -0.2) is 0 Å². The van der Waals surface area contributed by atoms with Crippen LogP contribution in [-0.2, 0) is 9.47 Å². The Morgan fingerprint density at radius 2 is 1.00 bits per heavy atom. The van der Waals surface area contributed by atoms with Crippen molar-refractivity contribution < 1.29 is 19.7 Å². The van der Waals surface area contributed by atoms with Crippen LogP contribution in [0, 0.1) is 10.8 Å². The summed E-state index contributed by atoms with van der Waals surface area (Å²) in [7, 11) is 0. The van der Waals surface area contributed by atoms with Crippen LogP contribution in [0.1, 0.15) is 82.1 Å². The van der Waals surface area contributed by atoms with Gasteiger partial charge in [0.05, 0.1) is 38.6 Å². The lowest BCUT2D eigenvalue weighted by atomic mass is 9.82. The summed E-state index contributed by atoms with van der Waals surface area (Å²) in [5, 5.41) is 21.0. The van der Waals surface area contributed by atoms with E-state index in [-0.39, 0.29) is 21.9 Å². The highest BCUT2D eigenvalue weighted by atomic mass is 16.5. The first-order chi connectivity index (χ1) is 18.4. The third-order valence-corrected chi connectivity index (χ3v) is 8.55. The highest BCUT2D eigenvalue weighted by molar-refractivity contribution is 4.88. The van der Waals surface area contributed by atoms with E-state index < -0.39 is 12.2 Å². The van der Waals surface area contributed by atoms with Crippen LogP contribution in [-0.4, -0.2) is 145 Å². The summed E-state index contributed by atoms with van der Waals surface area (Å²) in [6.07, 6.45) is 1.32. The molecule has 0 bridgehead atoms. The van der Waals surface area contributed by atoms with Gasteiger partial charge < -0.3 is 19.7 Å². The number of ether oxygens (including phenoxy) is 2. The zero-order chi connectivity index (χ0) is 30.2. The zero-order valence-corrected chi connectivity index (χ0v) is 28.0. The molecular weight excluding hydrogens is 504 g/mol. The standard InChI is InChI=1S/C32H66N4O4/c1-29(2,3)25-39-23-27(37)21-34-15-19-36(20-16-34)32(9,10)12-11-31(7,8)26-40-24-28(38)22-33-13-17-35(18-14-33)30(4,5)6/h27-28,37-38H,11-26H2,1-10H3/t27-,28+/m0/s1. The van der Waals surface area contributed by atoms with E-state index in [1.54, 1.807) is 0 Å². The predicted molar refractivity (Wildman–Crippen MR) is 166 cm³/mol. The highest BCUT2D eigenvalue weighted by Crippen LogP contribution is 2.30. The molecule has 2 fully saturated rings. The summed E-state index contributed by atoms with van der Waals surface area (Å²) in [5.41, 5.74) is 0.523. The zero-order valence-electron chi connectivity index (χ0n) is 28.0. The Morgan fingerprint density at radius 3 is 1.43 bits per heavy atom. The average Bonchev–Trinajstić information content (AvgIpc) is 2.82. The molecule has 2 saturated heterocycles. The molecular formula is C32H66N4O4. The molecule has 0 aromatic rings. The number of hydrogen-bond donors (Lipinski definition) is 2. The number of piperazine rings is 2. The molecule has 2 aliphatic heterocycles. The van der Waals surface area contributed by atoms with Gasteiger partial charge in [-0.05, 0) is 58.3 Å². The number of nitrogens with zero attached hydrogens (tertiary/aromatic N) is 4. The quantitative estimate of drug-likeness (QED) is 0.311. The van der Waals surface area contributed by atoms with Crippen LogP contribution in [0.25, 0.3) is 0 Å². The van der Waals surface area contributed by atoms with Crippen molar-refractivity contribution in [1.29, 1.82) is 0 Å². The Labute approximate surface area is 247 Å². The third-order valence-electron chi connectivity index (χ3n) is 8.55. The van der Waals surface area contributed by atoms with Crippen molar-refractivity contribution in [2.75, 3.05) is 91.9 Å². The monoisotopic (exact) mass is 571 g/mol. The van der Waals surface area contributed by atoms with Gasteiger partial charge in [-0.15, -0.1) is 0 Å². The van der Waals surface area contributed by atoms with Crippen molar-refractivity contribution in [3.8, 4) is 0 Å². The second-order valence-electron chi connectivity index (χ2n) is 16.1. The third kappa shape index (κ3) is 13.8. The maximum Gasteiger partial charge on any atom is 0.0900 e. The lowest BCUT2D eigenvalue weighted by Gasteiger charge is -2.45. The van der Waals surface area contributed by atoms with Gasteiger partial charge in [0.25, 0.3) is 0 Å². The molecule has 0 aromatic carbocycles. The van der Waals surface area contributed by atoms with Gasteiger partial charge >= 0.3 is 0 Å². The van der Waals surface area contributed by atoms with Crippen molar-refractivity contribution in [2.45, 2.75) is 105 Å². The van der Waals surface area contributed by atoms with E-state index in [9.17, 15) is 10.2 Å². The summed E-state index contributed by atoms with van der Waals surface area (Å²) in [4.78, 5) is 9.86. The van der Waals surface area contributed by atoms with Gasteiger partial charge in [0, 0.05) is 76.5 Å². The fourth-order valence-corrected chi connectivity index (χ4v) is 5.69. The smallest absolute Gasteiger partial charge is 0.0900 e. The fourth-order valence-electron chi connectivity index (χ4n) is 5.69. The van der Waals surface area contributed by atoms with Crippen LogP contribution in [0.4, 0.5) is 0 Å². The van der Waals surface area contributed by atoms with Crippen LogP contribution in [0.5, 0.6) is 0 Å². The number of hydrogen-bond acceptors (Lipinski definition) is 8. The van der Waals surface area contributed by atoms with E-state index in [1.807, 2.05) is 0 Å². The normalized spacial score (nSPS) is 21.6. The summed E-state index contributed by atoms with van der Waals surface area (Å²) < 4.78 is 11.8. The second-order valence-corrected chi connectivity index (χ2v) is 16.1. The topological polar surface area (TPSA) is 71.9 Å². The van der Waals surface area contributed by atoms with E-state index in [2.05, 4.69) is 88.8 Å². The van der Waals surface area contributed by atoms with Gasteiger partial charge in [-0.2, -0.15) is 0 Å². The van der Waals surface area contributed by atoms with Crippen molar-refractivity contribution in [1.82, 2.24) is 19.6 Å². The molecule has 2 rings (SSSR count). The molecule has 2 aliphatic rings. The number of aliphatic hydroxyl groups is 2. The Balaban J connectivity index is 1.63. The first kappa shape index (κ1) is 35.9. The Hall–Kier alpha value is -0.320. The molecule has 0 aliphatic carbocycles. The number of β-amino-alcohol motifs (C(OH)–C–C–N with tert-alkyl or cyclic N) is 2. The Kier molecular flexibility index (Phi) is 13.8. The maximum atomic E-state index is 10.6. The predicted octanol–water partition coefficient (Wildman–Crippen LogP) is 3.41. The molecule has 0 spiro atoms. The van der Waals surface area contributed by atoms with Crippen LogP contribution in [0.2, 0.25) is 0 Å². The number of rotatable bonds is 15. The van der Waals surface area contributed by atoms with Crippen molar-refractivity contribution >= 4 is 0 Å². The first-order valence-corrected chi connectivity index (χ1v) is 15.8. The molecule has 0 saturated carbocycles. The van der Waals surface area contributed by atoms with Crippen LogP contribution in [0.15, 0.2) is 0 Å². The van der Waals surface area contributed by atoms with E-state index >= 15 is 0 Å². The molecule has 2 N–H and O–H groups in total. The van der Waals surface area contributed by atoms with Crippen LogP contribution >= 0.6 is 0 Å². The van der Waals surface area contributed by atoms with Crippen molar-refractivity contribution in [3.05, 3.63) is 0 Å². The van der Waals surface area contributed by atoms with Crippen LogP contribution < -0.4 is 0 Å². The van der Waals surface area contributed by atoms with Gasteiger partial charge in [0.1, 0.15) is 0 Å². The molecule has 0 unspecified atom stereocenters. The van der Waals surface area contributed by atoms with Crippen molar-refractivity contribution in [3.63, 3.8) is 0 Å². The molecule has 2 atom stereocenters. The molecule has 0 radical (unpaired) electrons. The van der Waals surface area contributed by atoms with Gasteiger partial charge in [-0.3, -0.25) is 19.6 Å². The SMILES string of the molecule is CC(C)(C)COC[C@@H](O)CN1CCN(C(C)(C)CCC(C)(C)COC[C@H](O)CN2CCN(C(C)(C)C)CC2)CC1. The Morgan fingerprint density at radius 1 is 0.575 bits per heavy atom. The summed E-state index contributed by atoms with van der Waals surface area (Å²) in [6, 6.07) is 0. The molecule has 2 heterocycles. The lowest BCUT2D eigenvalue weighted by Crippen LogP contribution is -2.56. The minimum atomic E-state index is -0.437. The minimum absolute atomic E-state index is 0.0638. The second kappa shape index (κ2) is 15.4. The Bertz CT molecular complexity index is 703. The van der Waals surface area contributed by atoms with Crippen LogP contribution in [0.3, 0.4) is 0 Å². The summed E-state index contributed by atoms with van der Waals surface area (Å²) in [6.45, 7) is 34.2. The van der Waals surface area contributed by atoms with E-state index in [0.29, 0.717) is 39.5 Å². The van der Waals surface area contributed by atoms with Gasteiger partial charge in [-0.1, -0.05) is 34.6 Å². The lowest BCUT2D eigenvalue weighted by molar-refractivity contribution is -0.0301. The first-order valence-electron chi connectivity index (χ1n) is 15.8. The van der Waals surface area contributed by atoms with E-state index in [1.165, 1.54) is 0 Å². The molecule has 0 amide bonds. The van der Waals surface area contributed by atoms with E-state index in [0.717, 1.165) is 65.2 Å². The van der Waals surface area contributed by atoms with Gasteiger partial charge in [0.2, 0.25) is 0 Å². The molecule has 8 nitrogen and oxygen atoms in total. The average molecular weight is 571 g/mol. The number of aliphatic hydroxyl groups excluding tert-OH is 2. The van der Waals surface area contributed by atoms with Crippen molar-refractivity contribution in [2.24, 2.45) is 10.8 Å². The molecule has 0 aromatic heterocycles. The molecule has 238 valence electrons. The van der Waals surface area contributed by atoms with Gasteiger partial charge in [0.15, 0.2) is 0 Å². The van der Waals surface area contributed by atoms with E-state index in [4.69, 9.17) is 9.47 Å². The molecule has 40 heavy (non-hydrogen) atoms. The maximum absolute atomic E-state index is 10.6. The summed E-state index contributed by atoms with van der Waals surface area (Å²) in [5.74, 6) is 0. The largest absolute Gasteiger partial charge is 0.389 e.